The van der Waals surface area contributed by atoms with Crippen LogP contribution in [-0.4, -0.2) is 17.6 Å². The van der Waals surface area contributed by atoms with Gasteiger partial charge in [-0.2, -0.15) is 0 Å². The molecule has 1 aliphatic rings. The Balaban J connectivity index is 1.92. The Bertz CT molecular complexity index is 383. The molecule has 3 nitrogen and oxygen atoms in total. The first-order valence-corrected chi connectivity index (χ1v) is 7.28. The van der Waals surface area contributed by atoms with Gasteiger partial charge in [0.1, 0.15) is 6.04 Å². The second-order valence-corrected chi connectivity index (χ2v) is 5.45. The summed E-state index contributed by atoms with van der Waals surface area (Å²) in [5.41, 5.74) is 0.837. The third-order valence-corrected chi connectivity index (χ3v) is 3.97. The maximum Gasteiger partial charge on any atom is 0.325 e. The molecule has 0 bridgehead atoms. The molecule has 1 unspecified atom stereocenters. The number of carboxylic acid groups (broad SMARTS) is 1. The standard InChI is InChI=1S/C16H23NO2/c18-16(19)15(14-10-6-3-7-11-14)17-12-13-8-4-1-2-5-9-13/h3,6-7,10-11,13,15,17H,1-2,4-5,8-9,12H2,(H,18,19). The van der Waals surface area contributed by atoms with E-state index >= 15 is 0 Å². The number of carbonyl (C=O) groups is 1. The van der Waals surface area contributed by atoms with Gasteiger partial charge >= 0.3 is 5.97 Å². The minimum Gasteiger partial charge on any atom is -0.480 e. The molecule has 2 rings (SSSR count). The van der Waals surface area contributed by atoms with Crippen molar-refractivity contribution >= 4 is 5.97 Å². The molecule has 3 heteroatoms. The minimum atomic E-state index is -0.792. The quantitative estimate of drug-likeness (QED) is 0.799. The third-order valence-electron chi connectivity index (χ3n) is 3.97. The maximum absolute atomic E-state index is 11.4. The minimum absolute atomic E-state index is 0.579. The SMILES string of the molecule is O=C(O)C(NCC1CCCCCC1)c1ccccc1. The summed E-state index contributed by atoms with van der Waals surface area (Å²) in [7, 11) is 0. The van der Waals surface area contributed by atoms with Crippen molar-refractivity contribution in [3.05, 3.63) is 35.9 Å². The van der Waals surface area contributed by atoms with Gasteiger partial charge in [0.05, 0.1) is 0 Å². The van der Waals surface area contributed by atoms with Crippen molar-refractivity contribution in [1.82, 2.24) is 5.32 Å². The lowest BCUT2D eigenvalue weighted by atomic mass is 9.99. The number of nitrogens with one attached hydrogen (secondary N) is 1. The van der Waals surface area contributed by atoms with E-state index in [1.54, 1.807) is 0 Å². The first-order valence-electron chi connectivity index (χ1n) is 7.28. The van der Waals surface area contributed by atoms with Crippen molar-refractivity contribution in [3.8, 4) is 0 Å². The summed E-state index contributed by atoms with van der Waals surface area (Å²) in [5, 5.41) is 12.6. The molecule has 1 aromatic carbocycles. The molecule has 0 aliphatic heterocycles. The fourth-order valence-electron chi connectivity index (χ4n) is 2.85. The van der Waals surface area contributed by atoms with E-state index in [4.69, 9.17) is 0 Å². The van der Waals surface area contributed by atoms with Gasteiger partial charge < -0.3 is 10.4 Å². The van der Waals surface area contributed by atoms with Gasteiger partial charge in [-0.3, -0.25) is 4.79 Å². The first-order chi connectivity index (χ1) is 9.27. The van der Waals surface area contributed by atoms with Crippen molar-refractivity contribution in [2.75, 3.05) is 6.54 Å². The lowest BCUT2D eigenvalue weighted by Gasteiger charge is -2.19. The Morgan fingerprint density at radius 2 is 1.79 bits per heavy atom. The highest BCUT2D eigenvalue weighted by molar-refractivity contribution is 5.75. The molecular weight excluding hydrogens is 238 g/mol. The molecule has 104 valence electrons. The van der Waals surface area contributed by atoms with Crippen LogP contribution in [0, 0.1) is 5.92 Å². The highest BCUT2D eigenvalue weighted by Gasteiger charge is 2.21. The number of hydrogen-bond acceptors (Lipinski definition) is 2. The van der Waals surface area contributed by atoms with Gasteiger partial charge in [0.15, 0.2) is 0 Å². The summed E-state index contributed by atoms with van der Waals surface area (Å²) in [4.78, 5) is 11.4. The van der Waals surface area contributed by atoms with E-state index in [0.717, 1.165) is 12.1 Å². The third kappa shape index (κ3) is 4.35. The molecular formula is C16H23NO2. The van der Waals surface area contributed by atoms with Crippen LogP contribution in [0.4, 0.5) is 0 Å². The van der Waals surface area contributed by atoms with Crippen LogP contribution in [0.2, 0.25) is 0 Å². The average molecular weight is 261 g/mol. The largest absolute Gasteiger partial charge is 0.480 e. The molecule has 1 atom stereocenters. The molecule has 0 amide bonds. The highest BCUT2D eigenvalue weighted by atomic mass is 16.4. The van der Waals surface area contributed by atoms with E-state index in [2.05, 4.69) is 5.32 Å². The Kier molecular flexibility index (Phi) is 5.40. The van der Waals surface area contributed by atoms with Gasteiger partial charge in [-0.25, -0.2) is 0 Å². The van der Waals surface area contributed by atoms with E-state index in [9.17, 15) is 9.90 Å². The van der Waals surface area contributed by atoms with Gasteiger partial charge in [0.25, 0.3) is 0 Å². The van der Waals surface area contributed by atoms with Crippen LogP contribution in [0.15, 0.2) is 30.3 Å². The lowest BCUT2D eigenvalue weighted by Crippen LogP contribution is -2.32. The molecule has 1 fully saturated rings. The van der Waals surface area contributed by atoms with Gasteiger partial charge in [0, 0.05) is 0 Å². The van der Waals surface area contributed by atoms with Gasteiger partial charge in [0.2, 0.25) is 0 Å². The van der Waals surface area contributed by atoms with Crippen molar-refractivity contribution in [2.45, 2.75) is 44.6 Å². The summed E-state index contributed by atoms with van der Waals surface area (Å²) in [5.74, 6) is -0.159. The Morgan fingerprint density at radius 3 is 2.37 bits per heavy atom. The van der Waals surface area contributed by atoms with Crippen LogP contribution >= 0.6 is 0 Å². The Hall–Kier alpha value is -1.35. The van der Waals surface area contributed by atoms with Crippen LogP contribution in [-0.2, 0) is 4.79 Å². The zero-order chi connectivity index (χ0) is 13.5. The second-order valence-electron chi connectivity index (χ2n) is 5.45. The Morgan fingerprint density at radius 1 is 1.16 bits per heavy atom. The van der Waals surface area contributed by atoms with E-state index in [0.29, 0.717) is 5.92 Å². The lowest BCUT2D eigenvalue weighted by molar-refractivity contribution is -0.139. The number of carboxylic acids is 1. The predicted octanol–water partition coefficient (Wildman–Crippen LogP) is 3.37. The fraction of sp³-hybridized carbons (Fsp3) is 0.562. The van der Waals surface area contributed by atoms with Crippen LogP contribution in [0.1, 0.15) is 50.1 Å². The normalized spacial score (nSPS) is 18.7. The van der Waals surface area contributed by atoms with Gasteiger partial charge in [-0.05, 0) is 30.9 Å². The maximum atomic E-state index is 11.4. The van der Waals surface area contributed by atoms with Crippen LogP contribution in [0.5, 0.6) is 0 Å². The van der Waals surface area contributed by atoms with Crippen molar-refractivity contribution in [1.29, 1.82) is 0 Å². The molecule has 2 N–H and O–H groups in total. The molecule has 0 radical (unpaired) electrons. The van der Waals surface area contributed by atoms with Crippen molar-refractivity contribution in [2.24, 2.45) is 5.92 Å². The monoisotopic (exact) mass is 261 g/mol. The summed E-state index contributed by atoms with van der Waals surface area (Å²) in [6.45, 7) is 0.811. The summed E-state index contributed by atoms with van der Waals surface area (Å²) >= 11 is 0. The van der Waals surface area contributed by atoms with Gasteiger partial charge in [-0.1, -0.05) is 56.0 Å². The highest BCUT2D eigenvalue weighted by Crippen LogP contribution is 2.23. The van der Waals surface area contributed by atoms with E-state index in [1.165, 1.54) is 38.5 Å². The van der Waals surface area contributed by atoms with E-state index in [-0.39, 0.29) is 0 Å². The predicted molar refractivity (Wildman–Crippen MR) is 76.0 cm³/mol. The molecule has 1 aliphatic carbocycles. The molecule has 0 saturated heterocycles. The van der Waals surface area contributed by atoms with Crippen LogP contribution in [0.3, 0.4) is 0 Å². The molecule has 0 spiro atoms. The number of rotatable bonds is 5. The summed E-state index contributed by atoms with van der Waals surface area (Å²) in [6.07, 6.45) is 7.70. The van der Waals surface area contributed by atoms with Crippen LogP contribution in [0.25, 0.3) is 0 Å². The van der Waals surface area contributed by atoms with E-state index in [1.807, 2.05) is 30.3 Å². The topological polar surface area (TPSA) is 49.3 Å². The zero-order valence-corrected chi connectivity index (χ0v) is 11.3. The molecule has 1 aromatic rings. The van der Waals surface area contributed by atoms with Crippen molar-refractivity contribution < 1.29 is 9.90 Å². The Labute approximate surface area is 115 Å². The average Bonchev–Trinajstić information content (AvgIpc) is 2.68. The summed E-state index contributed by atoms with van der Waals surface area (Å²) < 4.78 is 0. The number of hydrogen-bond donors (Lipinski definition) is 2. The van der Waals surface area contributed by atoms with E-state index < -0.39 is 12.0 Å². The molecule has 0 heterocycles. The first kappa shape index (κ1) is 14.1. The fourth-order valence-corrected chi connectivity index (χ4v) is 2.85. The van der Waals surface area contributed by atoms with Crippen molar-refractivity contribution in [3.63, 3.8) is 0 Å². The molecule has 1 saturated carbocycles. The smallest absolute Gasteiger partial charge is 0.325 e. The summed E-state index contributed by atoms with van der Waals surface area (Å²) in [6, 6.07) is 8.85. The zero-order valence-electron chi connectivity index (χ0n) is 11.3. The second kappa shape index (κ2) is 7.29. The number of benzene rings is 1. The molecule has 0 aromatic heterocycles. The number of aliphatic carboxylic acids is 1. The van der Waals surface area contributed by atoms with Gasteiger partial charge in [-0.15, -0.1) is 0 Å². The molecule has 19 heavy (non-hydrogen) atoms. The van der Waals surface area contributed by atoms with Crippen LogP contribution < -0.4 is 5.32 Å².